The minimum absolute atomic E-state index is 0.0976. The molecule has 0 radical (unpaired) electrons. The molecular weight excluding hydrogens is 448 g/mol. The van der Waals surface area contributed by atoms with Crippen LogP contribution >= 0.6 is 23.6 Å². The van der Waals surface area contributed by atoms with Crippen molar-refractivity contribution in [3.63, 3.8) is 0 Å². The van der Waals surface area contributed by atoms with E-state index in [1.807, 2.05) is 0 Å². The van der Waals surface area contributed by atoms with Crippen LogP contribution < -0.4 is 25.8 Å². The fourth-order valence-corrected chi connectivity index (χ4v) is 5.06. The summed E-state index contributed by atoms with van der Waals surface area (Å²) in [7, 11) is 3.10. The standard InChI is InChI=1S/C22H26N4O4S2/c1-4-26-10-9-14-17(12-26)32-21(19(14)20(23)28)25-22(31)24-18(27)8-6-13-5-7-15(29-2)16(11-13)30-3/h5-8,11H,4,9-10,12H2,1-3H3,(H2,23,28)(H2,24,25,27,31). The Kier molecular flexibility index (Phi) is 7.84. The van der Waals surface area contributed by atoms with Gasteiger partial charge < -0.3 is 20.5 Å². The van der Waals surface area contributed by atoms with E-state index in [0.29, 0.717) is 22.1 Å². The first-order valence-corrected chi connectivity index (χ1v) is 11.3. The number of carbonyl (C=O) groups excluding carboxylic acids is 2. The molecule has 3 rings (SSSR count). The normalized spacial score (nSPS) is 13.5. The number of likely N-dealkylation sites (N-methyl/N-ethyl adjacent to an activating group) is 1. The van der Waals surface area contributed by atoms with E-state index in [2.05, 4.69) is 22.5 Å². The van der Waals surface area contributed by atoms with Crippen LogP contribution in [0.1, 0.15) is 33.3 Å². The Hall–Kier alpha value is -2.95. The van der Waals surface area contributed by atoms with Crippen LogP contribution in [0.15, 0.2) is 24.3 Å². The summed E-state index contributed by atoms with van der Waals surface area (Å²) < 4.78 is 10.5. The van der Waals surface area contributed by atoms with Crippen molar-refractivity contribution in [3.8, 4) is 11.5 Å². The molecule has 4 N–H and O–H groups in total. The van der Waals surface area contributed by atoms with Crippen molar-refractivity contribution in [2.24, 2.45) is 5.73 Å². The van der Waals surface area contributed by atoms with Crippen LogP contribution in [0.2, 0.25) is 0 Å². The number of hydrogen-bond donors (Lipinski definition) is 3. The third-order valence-corrected chi connectivity index (χ3v) is 6.46. The van der Waals surface area contributed by atoms with Gasteiger partial charge in [-0.2, -0.15) is 0 Å². The topological polar surface area (TPSA) is 106 Å². The van der Waals surface area contributed by atoms with Gasteiger partial charge in [0.25, 0.3) is 5.91 Å². The summed E-state index contributed by atoms with van der Waals surface area (Å²) in [6.07, 6.45) is 3.76. The van der Waals surface area contributed by atoms with Crippen molar-refractivity contribution in [1.82, 2.24) is 10.2 Å². The van der Waals surface area contributed by atoms with E-state index in [1.165, 1.54) is 17.4 Å². The summed E-state index contributed by atoms with van der Waals surface area (Å²) in [5, 5.41) is 6.23. The second-order valence-electron chi connectivity index (χ2n) is 7.08. The zero-order chi connectivity index (χ0) is 23.3. The number of primary amides is 1. The molecule has 2 aromatic rings. The molecule has 2 heterocycles. The summed E-state index contributed by atoms with van der Waals surface area (Å²) in [4.78, 5) is 27.8. The molecule has 0 spiro atoms. The lowest BCUT2D eigenvalue weighted by molar-refractivity contribution is -0.115. The molecule has 8 nitrogen and oxygen atoms in total. The highest BCUT2D eigenvalue weighted by Crippen LogP contribution is 2.36. The minimum Gasteiger partial charge on any atom is -0.493 e. The van der Waals surface area contributed by atoms with Gasteiger partial charge in [-0.05, 0) is 54.5 Å². The van der Waals surface area contributed by atoms with Gasteiger partial charge in [-0.1, -0.05) is 13.0 Å². The molecule has 0 saturated carbocycles. The van der Waals surface area contributed by atoms with Crippen LogP contribution in [-0.2, 0) is 17.8 Å². The Morgan fingerprint density at radius 3 is 2.69 bits per heavy atom. The fraction of sp³-hybridized carbons (Fsp3) is 0.318. The van der Waals surface area contributed by atoms with Gasteiger partial charge in [0.2, 0.25) is 5.91 Å². The smallest absolute Gasteiger partial charge is 0.251 e. The zero-order valence-corrected chi connectivity index (χ0v) is 19.8. The number of benzene rings is 1. The lowest BCUT2D eigenvalue weighted by Gasteiger charge is -2.25. The van der Waals surface area contributed by atoms with Crippen molar-refractivity contribution in [1.29, 1.82) is 0 Å². The molecule has 0 saturated heterocycles. The van der Waals surface area contributed by atoms with Gasteiger partial charge >= 0.3 is 0 Å². The molecule has 0 unspecified atom stereocenters. The number of fused-ring (bicyclic) bond motifs is 1. The summed E-state index contributed by atoms with van der Waals surface area (Å²) in [5.74, 6) is 0.258. The number of ether oxygens (including phenoxy) is 2. The Bertz CT molecular complexity index is 1060. The second-order valence-corrected chi connectivity index (χ2v) is 8.60. The molecule has 2 amide bonds. The molecule has 1 aliphatic heterocycles. The molecule has 0 atom stereocenters. The van der Waals surface area contributed by atoms with Crippen molar-refractivity contribution >= 4 is 51.6 Å². The van der Waals surface area contributed by atoms with E-state index in [9.17, 15) is 9.59 Å². The van der Waals surface area contributed by atoms with E-state index < -0.39 is 11.8 Å². The van der Waals surface area contributed by atoms with Gasteiger partial charge in [-0.3, -0.25) is 19.8 Å². The number of methoxy groups -OCH3 is 2. The number of thiocarbonyl (C=S) groups is 1. The van der Waals surface area contributed by atoms with Crippen molar-refractivity contribution in [3.05, 3.63) is 45.8 Å². The lowest BCUT2D eigenvalue weighted by atomic mass is 10.0. The van der Waals surface area contributed by atoms with Gasteiger partial charge in [-0.15, -0.1) is 11.3 Å². The lowest BCUT2D eigenvalue weighted by Crippen LogP contribution is -2.33. The van der Waals surface area contributed by atoms with Gasteiger partial charge in [0.15, 0.2) is 16.6 Å². The number of rotatable bonds is 7. The Morgan fingerprint density at radius 1 is 1.28 bits per heavy atom. The average molecular weight is 475 g/mol. The van der Waals surface area contributed by atoms with Crippen LogP contribution in [0, 0.1) is 0 Å². The third kappa shape index (κ3) is 5.45. The number of nitrogens with one attached hydrogen (secondary N) is 2. The van der Waals surface area contributed by atoms with Crippen molar-refractivity contribution in [2.75, 3.05) is 32.6 Å². The minimum atomic E-state index is -0.502. The number of hydrogen-bond acceptors (Lipinski definition) is 7. The summed E-state index contributed by atoms with van der Waals surface area (Å²) in [5.41, 5.74) is 7.83. The van der Waals surface area contributed by atoms with E-state index in [-0.39, 0.29) is 5.11 Å². The first-order chi connectivity index (χ1) is 15.4. The third-order valence-electron chi connectivity index (χ3n) is 5.13. The van der Waals surface area contributed by atoms with Crippen LogP contribution in [-0.4, -0.2) is 49.1 Å². The summed E-state index contributed by atoms with van der Waals surface area (Å²) in [6.45, 7) is 4.69. The quantitative estimate of drug-likeness (QED) is 0.419. The molecule has 170 valence electrons. The Morgan fingerprint density at radius 2 is 2.03 bits per heavy atom. The number of carbonyl (C=O) groups is 2. The molecule has 0 aliphatic carbocycles. The molecule has 32 heavy (non-hydrogen) atoms. The molecule has 0 bridgehead atoms. The highest BCUT2D eigenvalue weighted by molar-refractivity contribution is 7.80. The first-order valence-electron chi connectivity index (χ1n) is 10.0. The van der Waals surface area contributed by atoms with Gasteiger partial charge in [0, 0.05) is 24.0 Å². The van der Waals surface area contributed by atoms with Crippen LogP contribution in [0.3, 0.4) is 0 Å². The number of thiophene rings is 1. The summed E-state index contributed by atoms with van der Waals surface area (Å²) >= 11 is 6.73. The maximum atomic E-state index is 12.3. The van der Waals surface area contributed by atoms with E-state index in [4.69, 9.17) is 27.4 Å². The zero-order valence-electron chi connectivity index (χ0n) is 18.2. The maximum Gasteiger partial charge on any atom is 0.251 e. The largest absolute Gasteiger partial charge is 0.493 e. The number of nitrogens with zero attached hydrogens (tertiary/aromatic N) is 1. The second kappa shape index (κ2) is 10.6. The van der Waals surface area contributed by atoms with E-state index in [1.54, 1.807) is 38.5 Å². The van der Waals surface area contributed by atoms with E-state index in [0.717, 1.165) is 42.1 Å². The highest BCUT2D eigenvalue weighted by atomic mass is 32.1. The maximum absolute atomic E-state index is 12.3. The SMILES string of the molecule is CCN1CCc2c(sc(NC(=S)NC(=O)C=Cc3ccc(OC)c(OC)c3)c2C(N)=O)C1. The molecule has 1 aromatic heterocycles. The Balaban J connectivity index is 1.67. The highest BCUT2D eigenvalue weighted by Gasteiger charge is 2.26. The first kappa shape index (κ1) is 23.7. The van der Waals surface area contributed by atoms with E-state index >= 15 is 0 Å². The molecular formula is C22H26N4O4S2. The fourth-order valence-electron chi connectivity index (χ4n) is 3.49. The Labute approximate surface area is 196 Å². The molecule has 0 fully saturated rings. The number of amides is 2. The summed E-state index contributed by atoms with van der Waals surface area (Å²) in [6, 6.07) is 5.32. The number of nitrogens with two attached hydrogens (primary N) is 1. The van der Waals surface area contributed by atoms with Gasteiger partial charge in [0.1, 0.15) is 5.00 Å². The number of anilines is 1. The van der Waals surface area contributed by atoms with Gasteiger partial charge in [-0.25, -0.2) is 0 Å². The molecule has 1 aromatic carbocycles. The molecule has 1 aliphatic rings. The van der Waals surface area contributed by atoms with Crippen LogP contribution in [0.25, 0.3) is 6.08 Å². The predicted octanol–water partition coefficient (Wildman–Crippen LogP) is 2.77. The molecule has 10 heteroatoms. The van der Waals surface area contributed by atoms with Crippen molar-refractivity contribution < 1.29 is 19.1 Å². The van der Waals surface area contributed by atoms with Gasteiger partial charge in [0.05, 0.1) is 19.8 Å². The average Bonchev–Trinajstić information content (AvgIpc) is 3.14. The van der Waals surface area contributed by atoms with Crippen LogP contribution in [0.4, 0.5) is 5.00 Å². The monoisotopic (exact) mass is 474 g/mol. The van der Waals surface area contributed by atoms with Crippen LogP contribution in [0.5, 0.6) is 11.5 Å². The van der Waals surface area contributed by atoms with Crippen molar-refractivity contribution in [2.45, 2.75) is 19.9 Å². The predicted molar refractivity (Wildman–Crippen MR) is 130 cm³/mol.